The Bertz CT molecular complexity index is 981. The summed E-state index contributed by atoms with van der Waals surface area (Å²) in [7, 11) is 0. The first-order chi connectivity index (χ1) is 13.7. The van der Waals surface area contributed by atoms with Crippen molar-refractivity contribution < 1.29 is 0 Å². The van der Waals surface area contributed by atoms with Crippen molar-refractivity contribution in [2.24, 2.45) is 5.73 Å². The van der Waals surface area contributed by atoms with Gasteiger partial charge in [-0.15, -0.1) is 0 Å². The van der Waals surface area contributed by atoms with E-state index in [2.05, 4.69) is 98.0 Å². The minimum Gasteiger partial charge on any atom is -0.358 e. The molecule has 28 heavy (non-hydrogen) atoms. The van der Waals surface area contributed by atoms with Gasteiger partial charge >= 0.3 is 0 Å². The van der Waals surface area contributed by atoms with Crippen molar-refractivity contribution in [3.63, 3.8) is 0 Å². The topological polar surface area (TPSA) is 38.0 Å². The van der Waals surface area contributed by atoms with Gasteiger partial charge in [-0.05, 0) is 66.6 Å². The van der Waals surface area contributed by atoms with Crippen molar-refractivity contribution in [3.05, 3.63) is 101 Å². The smallest absolute Gasteiger partial charge is 0.0388 e. The molecule has 4 rings (SSSR count). The van der Waals surface area contributed by atoms with E-state index in [4.69, 9.17) is 5.73 Å². The van der Waals surface area contributed by atoms with Crippen LogP contribution in [0, 0.1) is 6.92 Å². The normalized spacial score (nSPS) is 15.3. The van der Waals surface area contributed by atoms with Crippen LogP contribution in [0.15, 0.2) is 84.6 Å². The zero-order valence-electron chi connectivity index (χ0n) is 16.7. The van der Waals surface area contributed by atoms with Gasteiger partial charge in [-0.3, -0.25) is 0 Å². The van der Waals surface area contributed by atoms with Gasteiger partial charge in [0, 0.05) is 23.3 Å². The summed E-state index contributed by atoms with van der Waals surface area (Å²) in [4.78, 5) is 0. The predicted octanol–water partition coefficient (Wildman–Crippen LogP) is 6.17. The Labute approximate surface area is 168 Å². The molecular formula is C26H28N2. The molecule has 0 spiro atoms. The van der Waals surface area contributed by atoms with Crippen molar-refractivity contribution >= 4 is 5.69 Å². The summed E-state index contributed by atoms with van der Waals surface area (Å²) in [5.74, 6) is 0. The number of hydrogen-bond donors (Lipinski definition) is 2. The molecule has 1 aliphatic carbocycles. The minimum absolute atomic E-state index is 0.143. The third-order valence-electron chi connectivity index (χ3n) is 5.90. The fourth-order valence-corrected chi connectivity index (χ4v) is 4.05. The van der Waals surface area contributed by atoms with Gasteiger partial charge in [-0.2, -0.15) is 0 Å². The lowest BCUT2D eigenvalue weighted by Gasteiger charge is -2.22. The summed E-state index contributed by atoms with van der Waals surface area (Å²) in [6, 6.07) is 26.0. The Morgan fingerprint density at radius 3 is 2.32 bits per heavy atom. The van der Waals surface area contributed by atoms with E-state index >= 15 is 0 Å². The number of anilines is 1. The number of allylic oxidation sites excluding steroid dienone is 2. The maximum Gasteiger partial charge on any atom is 0.0388 e. The molecular weight excluding hydrogens is 340 g/mol. The van der Waals surface area contributed by atoms with Crippen LogP contribution in [0.2, 0.25) is 0 Å². The van der Waals surface area contributed by atoms with Crippen molar-refractivity contribution in [2.45, 2.75) is 38.6 Å². The second-order valence-corrected chi connectivity index (χ2v) is 7.71. The third kappa shape index (κ3) is 3.48. The molecule has 0 unspecified atom stereocenters. The van der Waals surface area contributed by atoms with E-state index in [1.165, 1.54) is 40.8 Å². The van der Waals surface area contributed by atoms with Crippen molar-refractivity contribution in [1.82, 2.24) is 0 Å². The van der Waals surface area contributed by atoms with Gasteiger partial charge in [-0.25, -0.2) is 0 Å². The number of hydrogen-bond acceptors (Lipinski definition) is 2. The highest BCUT2D eigenvalue weighted by molar-refractivity contribution is 5.72. The highest BCUT2D eigenvalue weighted by Gasteiger charge is 2.47. The average Bonchev–Trinajstić information content (AvgIpc) is 3.56. The summed E-state index contributed by atoms with van der Waals surface area (Å²) in [6.07, 6.45) is 4.63. The van der Waals surface area contributed by atoms with E-state index in [1.54, 1.807) is 0 Å². The predicted molar refractivity (Wildman–Crippen MR) is 119 cm³/mol. The monoisotopic (exact) mass is 368 g/mol. The number of benzene rings is 3. The fraction of sp³-hybridized carbons (Fsp3) is 0.231. The van der Waals surface area contributed by atoms with Crippen molar-refractivity contribution in [2.75, 3.05) is 5.32 Å². The molecule has 0 aliphatic heterocycles. The fourth-order valence-electron chi connectivity index (χ4n) is 4.05. The first kappa shape index (κ1) is 18.5. The minimum atomic E-state index is 0.143. The molecule has 0 heterocycles. The Balaban J connectivity index is 1.63. The summed E-state index contributed by atoms with van der Waals surface area (Å²) in [5.41, 5.74) is 14.6. The van der Waals surface area contributed by atoms with Gasteiger partial charge in [0.1, 0.15) is 0 Å². The SMILES string of the molecule is C/C=C(\Nc1ccc(C)c(-c2ccc(CN)cc2)c1)C1(c2ccccc2)CC1. The molecule has 1 fully saturated rings. The van der Waals surface area contributed by atoms with Gasteiger partial charge in [0.15, 0.2) is 0 Å². The molecule has 0 saturated heterocycles. The van der Waals surface area contributed by atoms with Crippen molar-refractivity contribution in [3.8, 4) is 11.1 Å². The van der Waals surface area contributed by atoms with Crippen LogP contribution in [0.4, 0.5) is 5.69 Å². The molecule has 0 aromatic heterocycles. The van der Waals surface area contributed by atoms with Crippen LogP contribution in [0.3, 0.4) is 0 Å². The summed E-state index contributed by atoms with van der Waals surface area (Å²) < 4.78 is 0. The summed E-state index contributed by atoms with van der Waals surface area (Å²) >= 11 is 0. The summed E-state index contributed by atoms with van der Waals surface area (Å²) in [5, 5.41) is 3.73. The van der Waals surface area contributed by atoms with Crippen LogP contribution >= 0.6 is 0 Å². The second-order valence-electron chi connectivity index (χ2n) is 7.71. The standard InChI is InChI=1S/C26H28N2/c1-3-25(26(15-16-26)22-7-5-4-6-8-22)28-23-14-9-19(2)24(17-23)21-12-10-20(18-27)11-13-21/h3-14,17,28H,15-16,18,27H2,1-2H3/b25-3-. The Kier molecular flexibility index (Phi) is 5.06. The maximum absolute atomic E-state index is 5.74. The van der Waals surface area contributed by atoms with Gasteiger partial charge < -0.3 is 11.1 Å². The van der Waals surface area contributed by atoms with Crippen LogP contribution in [0.5, 0.6) is 0 Å². The van der Waals surface area contributed by atoms with E-state index < -0.39 is 0 Å². The molecule has 142 valence electrons. The quantitative estimate of drug-likeness (QED) is 0.546. The molecule has 0 atom stereocenters. The summed E-state index contributed by atoms with van der Waals surface area (Å²) in [6.45, 7) is 4.87. The molecule has 1 saturated carbocycles. The first-order valence-corrected chi connectivity index (χ1v) is 10.1. The van der Waals surface area contributed by atoms with Crippen LogP contribution in [0.1, 0.15) is 36.5 Å². The zero-order chi connectivity index (χ0) is 19.6. The van der Waals surface area contributed by atoms with E-state index in [9.17, 15) is 0 Å². The Morgan fingerprint density at radius 1 is 1.00 bits per heavy atom. The van der Waals surface area contributed by atoms with E-state index in [0.29, 0.717) is 6.54 Å². The molecule has 0 bridgehead atoms. The number of nitrogens with two attached hydrogens (primary N) is 1. The molecule has 3 aromatic carbocycles. The van der Waals surface area contributed by atoms with E-state index in [-0.39, 0.29) is 5.41 Å². The van der Waals surface area contributed by atoms with E-state index in [0.717, 1.165) is 11.3 Å². The third-order valence-corrected chi connectivity index (χ3v) is 5.90. The molecule has 0 amide bonds. The molecule has 2 heteroatoms. The van der Waals surface area contributed by atoms with Crippen LogP contribution < -0.4 is 11.1 Å². The molecule has 3 N–H and O–H groups in total. The van der Waals surface area contributed by atoms with Crippen LogP contribution in [-0.2, 0) is 12.0 Å². The lowest BCUT2D eigenvalue weighted by Crippen LogP contribution is -2.17. The molecule has 3 aromatic rings. The Morgan fingerprint density at radius 2 is 1.71 bits per heavy atom. The second kappa shape index (κ2) is 7.65. The zero-order valence-corrected chi connectivity index (χ0v) is 16.7. The maximum atomic E-state index is 5.74. The first-order valence-electron chi connectivity index (χ1n) is 10.1. The van der Waals surface area contributed by atoms with Gasteiger partial charge in [-0.1, -0.05) is 66.7 Å². The molecule has 1 aliphatic rings. The number of aryl methyl sites for hydroxylation is 1. The number of rotatable bonds is 6. The molecule has 0 radical (unpaired) electrons. The lowest BCUT2D eigenvalue weighted by atomic mass is 9.91. The Hall–Kier alpha value is -2.84. The average molecular weight is 369 g/mol. The number of nitrogens with one attached hydrogen (secondary N) is 1. The van der Waals surface area contributed by atoms with Gasteiger partial charge in [0.05, 0.1) is 0 Å². The lowest BCUT2D eigenvalue weighted by molar-refractivity contribution is 0.823. The largest absolute Gasteiger partial charge is 0.358 e. The van der Waals surface area contributed by atoms with E-state index in [1.807, 2.05) is 0 Å². The highest BCUT2D eigenvalue weighted by atomic mass is 14.9. The molecule has 2 nitrogen and oxygen atoms in total. The van der Waals surface area contributed by atoms with Crippen LogP contribution in [-0.4, -0.2) is 0 Å². The van der Waals surface area contributed by atoms with Crippen LogP contribution in [0.25, 0.3) is 11.1 Å². The van der Waals surface area contributed by atoms with Crippen molar-refractivity contribution in [1.29, 1.82) is 0 Å². The van der Waals surface area contributed by atoms with Gasteiger partial charge in [0.25, 0.3) is 0 Å². The van der Waals surface area contributed by atoms with Gasteiger partial charge in [0.2, 0.25) is 0 Å². The highest BCUT2D eigenvalue weighted by Crippen LogP contribution is 2.53.